The number of anilines is 1. The molecule has 1 N–H and O–H groups in total. The number of hydrogen-bond donors (Lipinski definition) is 1. The maximum atomic E-state index is 12.4. The molecule has 2 aromatic carbocycles. The van der Waals surface area contributed by atoms with Gasteiger partial charge in [0.1, 0.15) is 5.76 Å². The lowest BCUT2D eigenvalue weighted by molar-refractivity contribution is 0.0997. The normalized spacial score (nSPS) is 10.6. The van der Waals surface area contributed by atoms with E-state index >= 15 is 0 Å². The van der Waals surface area contributed by atoms with E-state index in [1.807, 2.05) is 50.2 Å². The van der Waals surface area contributed by atoms with Crippen molar-refractivity contribution in [2.24, 2.45) is 0 Å². The van der Waals surface area contributed by atoms with Crippen molar-refractivity contribution in [3.8, 4) is 11.3 Å². The second-order valence-electron chi connectivity index (χ2n) is 5.36. The molecule has 0 bridgehead atoms. The van der Waals surface area contributed by atoms with Crippen LogP contribution in [0.1, 0.15) is 21.7 Å². The molecule has 0 aliphatic rings. The first kappa shape index (κ1) is 15.4. The van der Waals surface area contributed by atoms with Crippen LogP contribution in [0.4, 0.5) is 5.69 Å². The quantitative estimate of drug-likeness (QED) is 0.693. The molecule has 0 radical (unpaired) electrons. The number of halogens is 1. The number of hydrogen-bond acceptors (Lipinski definition) is 2. The average molecular weight is 326 g/mol. The Labute approximate surface area is 139 Å². The zero-order valence-corrected chi connectivity index (χ0v) is 13.6. The van der Waals surface area contributed by atoms with Crippen molar-refractivity contribution >= 4 is 23.2 Å². The Hall–Kier alpha value is -2.52. The maximum Gasteiger partial charge on any atom is 0.291 e. The number of nitrogens with one attached hydrogen (secondary N) is 1. The smallest absolute Gasteiger partial charge is 0.291 e. The Morgan fingerprint density at radius 3 is 2.35 bits per heavy atom. The van der Waals surface area contributed by atoms with Crippen LogP contribution in [0.2, 0.25) is 5.02 Å². The molecule has 3 rings (SSSR count). The highest BCUT2D eigenvalue weighted by Crippen LogP contribution is 2.29. The molecule has 1 amide bonds. The molecule has 1 aromatic heterocycles. The standard InChI is InChI=1S/C19H16ClNO2/c1-12-6-5-7-13(2)18(12)21-19(22)17-11-10-16(23-17)14-8-3-4-9-15(14)20/h3-11H,1-2H3,(H,21,22). The van der Waals surface area contributed by atoms with Gasteiger partial charge in [-0.2, -0.15) is 0 Å². The number of aryl methyl sites for hydroxylation is 2. The van der Waals surface area contributed by atoms with Gasteiger partial charge < -0.3 is 9.73 Å². The van der Waals surface area contributed by atoms with Gasteiger partial charge in [0.2, 0.25) is 0 Å². The van der Waals surface area contributed by atoms with Crippen molar-refractivity contribution in [1.29, 1.82) is 0 Å². The number of benzene rings is 2. The minimum atomic E-state index is -0.277. The van der Waals surface area contributed by atoms with Gasteiger partial charge in [-0.05, 0) is 49.2 Å². The minimum Gasteiger partial charge on any atom is -0.451 e. The maximum absolute atomic E-state index is 12.4. The van der Waals surface area contributed by atoms with Gasteiger partial charge in [-0.3, -0.25) is 4.79 Å². The van der Waals surface area contributed by atoms with E-state index in [2.05, 4.69) is 5.32 Å². The van der Waals surface area contributed by atoms with Gasteiger partial charge in [0.05, 0.1) is 5.02 Å². The lowest BCUT2D eigenvalue weighted by Gasteiger charge is -2.10. The Balaban J connectivity index is 1.86. The van der Waals surface area contributed by atoms with Gasteiger partial charge in [-0.25, -0.2) is 0 Å². The second-order valence-corrected chi connectivity index (χ2v) is 5.77. The monoisotopic (exact) mass is 325 g/mol. The summed E-state index contributed by atoms with van der Waals surface area (Å²) >= 11 is 6.16. The molecule has 0 unspecified atom stereocenters. The number of carbonyl (C=O) groups is 1. The molecule has 3 aromatic rings. The molecular formula is C19H16ClNO2. The van der Waals surface area contributed by atoms with Crippen LogP contribution in [-0.2, 0) is 0 Å². The molecular weight excluding hydrogens is 310 g/mol. The molecule has 23 heavy (non-hydrogen) atoms. The largest absolute Gasteiger partial charge is 0.451 e. The fourth-order valence-corrected chi connectivity index (χ4v) is 2.68. The summed E-state index contributed by atoms with van der Waals surface area (Å²) in [6.07, 6.45) is 0. The Bertz CT molecular complexity index is 847. The highest BCUT2D eigenvalue weighted by atomic mass is 35.5. The first-order valence-corrected chi connectivity index (χ1v) is 7.66. The van der Waals surface area contributed by atoms with E-state index in [4.69, 9.17) is 16.0 Å². The van der Waals surface area contributed by atoms with Crippen molar-refractivity contribution < 1.29 is 9.21 Å². The van der Waals surface area contributed by atoms with Crippen LogP contribution in [0.5, 0.6) is 0 Å². The predicted molar refractivity (Wildman–Crippen MR) is 93.0 cm³/mol. The zero-order chi connectivity index (χ0) is 16.4. The second kappa shape index (κ2) is 6.31. The van der Waals surface area contributed by atoms with E-state index in [0.29, 0.717) is 10.8 Å². The molecule has 3 nitrogen and oxygen atoms in total. The van der Waals surface area contributed by atoms with E-state index < -0.39 is 0 Å². The topological polar surface area (TPSA) is 42.2 Å². The van der Waals surface area contributed by atoms with Gasteiger partial charge in [0, 0.05) is 11.3 Å². The predicted octanol–water partition coefficient (Wildman–Crippen LogP) is 5.47. The van der Waals surface area contributed by atoms with Crippen LogP contribution in [0.25, 0.3) is 11.3 Å². The van der Waals surface area contributed by atoms with Gasteiger partial charge >= 0.3 is 0 Å². The number of carbonyl (C=O) groups excluding carboxylic acids is 1. The van der Waals surface area contributed by atoms with Crippen LogP contribution in [0, 0.1) is 13.8 Å². The first-order chi connectivity index (χ1) is 11.1. The van der Waals surface area contributed by atoms with Gasteiger partial charge in [-0.1, -0.05) is 41.9 Å². The fourth-order valence-electron chi connectivity index (χ4n) is 2.45. The number of rotatable bonds is 3. The highest BCUT2D eigenvalue weighted by molar-refractivity contribution is 6.33. The van der Waals surface area contributed by atoms with E-state index in [9.17, 15) is 4.79 Å². The zero-order valence-electron chi connectivity index (χ0n) is 12.9. The molecule has 0 saturated heterocycles. The Kier molecular flexibility index (Phi) is 4.22. The Morgan fingerprint density at radius 2 is 1.65 bits per heavy atom. The number of furan rings is 1. The van der Waals surface area contributed by atoms with E-state index in [1.165, 1.54) is 0 Å². The van der Waals surface area contributed by atoms with E-state index in [-0.39, 0.29) is 11.7 Å². The van der Waals surface area contributed by atoms with Crippen LogP contribution in [-0.4, -0.2) is 5.91 Å². The molecule has 0 spiro atoms. The third-order valence-electron chi connectivity index (χ3n) is 3.69. The summed E-state index contributed by atoms with van der Waals surface area (Å²) in [6.45, 7) is 3.92. The molecule has 0 atom stereocenters. The third-order valence-corrected chi connectivity index (χ3v) is 4.02. The van der Waals surface area contributed by atoms with Crippen molar-refractivity contribution in [2.75, 3.05) is 5.32 Å². The summed E-state index contributed by atoms with van der Waals surface area (Å²) in [4.78, 5) is 12.4. The third kappa shape index (κ3) is 3.15. The summed E-state index contributed by atoms with van der Waals surface area (Å²) in [7, 11) is 0. The molecule has 0 fully saturated rings. The van der Waals surface area contributed by atoms with E-state index in [0.717, 1.165) is 22.4 Å². The summed E-state index contributed by atoms with van der Waals surface area (Å²) in [5, 5.41) is 3.50. The van der Waals surface area contributed by atoms with Gasteiger partial charge in [0.25, 0.3) is 5.91 Å². The van der Waals surface area contributed by atoms with Crippen molar-refractivity contribution in [3.05, 3.63) is 76.5 Å². The SMILES string of the molecule is Cc1cccc(C)c1NC(=O)c1ccc(-c2ccccc2Cl)o1. The summed E-state index contributed by atoms with van der Waals surface area (Å²) < 4.78 is 5.67. The summed E-state index contributed by atoms with van der Waals surface area (Å²) in [5.74, 6) is 0.547. The van der Waals surface area contributed by atoms with Crippen LogP contribution >= 0.6 is 11.6 Å². The number of para-hydroxylation sites is 1. The molecule has 0 saturated carbocycles. The molecule has 0 aliphatic heterocycles. The van der Waals surface area contributed by atoms with E-state index in [1.54, 1.807) is 18.2 Å². The lowest BCUT2D eigenvalue weighted by atomic mass is 10.1. The number of amides is 1. The summed E-state index contributed by atoms with van der Waals surface area (Å²) in [6, 6.07) is 16.7. The molecule has 116 valence electrons. The molecule has 4 heteroatoms. The van der Waals surface area contributed by atoms with Crippen molar-refractivity contribution in [2.45, 2.75) is 13.8 Å². The lowest BCUT2D eigenvalue weighted by Crippen LogP contribution is -2.12. The minimum absolute atomic E-state index is 0.252. The average Bonchev–Trinajstić information content (AvgIpc) is 3.01. The van der Waals surface area contributed by atoms with Crippen LogP contribution in [0.15, 0.2) is 59.0 Å². The fraction of sp³-hybridized carbons (Fsp3) is 0.105. The van der Waals surface area contributed by atoms with Crippen molar-refractivity contribution in [1.82, 2.24) is 0 Å². The molecule has 0 aliphatic carbocycles. The van der Waals surface area contributed by atoms with Gasteiger partial charge in [-0.15, -0.1) is 0 Å². The van der Waals surface area contributed by atoms with Gasteiger partial charge in [0.15, 0.2) is 5.76 Å². The summed E-state index contributed by atoms with van der Waals surface area (Å²) in [5.41, 5.74) is 3.60. The highest BCUT2D eigenvalue weighted by Gasteiger charge is 2.15. The Morgan fingerprint density at radius 1 is 0.957 bits per heavy atom. The molecule has 1 heterocycles. The van der Waals surface area contributed by atoms with Crippen LogP contribution < -0.4 is 5.32 Å². The van der Waals surface area contributed by atoms with Crippen molar-refractivity contribution in [3.63, 3.8) is 0 Å². The van der Waals surface area contributed by atoms with Crippen LogP contribution in [0.3, 0.4) is 0 Å². The first-order valence-electron chi connectivity index (χ1n) is 7.28.